The number of carbonyl (C=O) groups is 3. The Balaban J connectivity index is 4.36. The molecule has 0 aromatic carbocycles. The van der Waals surface area contributed by atoms with Crippen molar-refractivity contribution in [3.63, 3.8) is 0 Å². The van der Waals surface area contributed by atoms with Crippen LogP contribution in [0.3, 0.4) is 0 Å². The summed E-state index contributed by atoms with van der Waals surface area (Å²) in [4.78, 5) is 38.2. The predicted molar refractivity (Wildman–Crippen MR) is 289 cm³/mol. The fourth-order valence-corrected chi connectivity index (χ4v) is 8.45. The van der Waals surface area contributed by atoms with Gasteiger partial charge in [-0.05, 0) is 77.0 Å². The van der Waals surface area contributed by atoms with Gasteiger partial charge in [-0.3, -0.25) is 14.4 Å². The first-order valence-electron chi connectivity index (χ1n) is 29.1. The van der Waals surface area contributed by atoms with E-state index in [1.165, 1.54) is 173 Å². The molecule has 0 saturated carbocycles. The minimum atomic E-state index is -0.780. The van der Waals surface area contributed by atoms with Crippen molar-refractivity contribution in [2.45, 2.75) is 309 Å². The summed E-state index contributed by atoms with van der Waals surface area (Å²) in [5.41, 5.74) is 0. The summed E-state index contributed by atoms with van der Waals surface area (Å²) in [6.45, 7) is 6.55. The highest BCUT2D eigenvalue weighted by Gasteiger charge is 2.19. The highest BCUT2D eigenvalue weighted by atomic mass is 16.6. The number of rotatable bonds is 53. The summed E-state index contributed by atoms with van der Waals surface area (Å²) >= 11 is 0. The molecule has 1 atom stereocenters. The normalized spacial score (nSPS) is 12.3. The Bertz CT molecular complexity index is 1170. The molecule has 0 aliphatic carbocycles. The van der Waals surface area contributed by atoms with Crippen LogP contribution in [0.1, 0.15) is 303 Å². The predicted octanol–water partition coefficient (Wildman–Crippen LogP) is 19.4. The molecular formula is C61H110O6. The lowest BCUT2D eigenvalue weighted by atomic mass is 10.0. The van der Waals surface area contributed by atoms with E-state index >= 15 is 0 Å². The van der Waals surface area contributed by atoms with Crippen molar-refractivity contribution in [3.8, 4) is 0 Å². The molecule has 0 bridgehead atoms. The largest absolute Gasteiger partial charge is 0.462 e. The van der Waals surface area contributed by atoms with Crippen LogP contribution in [0.4, 0.5) is 0 Å². The van der Waals surface area contributed by atoms with E-state index in [-0.39, 0.29) is 31.1 Å². The van der Waals surface area contributed by atoms with E-state index in [0.717, 1.165) is 89.9 Å². The summed E-state index contributed by atoms with van der Waals surface area (Å²) in [5, 5.41) is 0. The molecule has 6 nitrogen and oxygen atoms in total. The second-order valence-corrected chi connectivity index (χ2v) is 19.5. The lowest BCUT2D eigenvalue weighted by molar-refractivity contribution is -0.167. The smallest absolute Gasteiger partial charge is 0.306 e. The Morgan fingerprint density at radius 3 is 0.925 bits per heavy atom. The van der Waals surface area contributed by atoms with Gasteiger partial charge in [0.05, 0.1) is 0 Å². The average molecular weight is 940 g/mol. The van der Waals surface area contributed by atoms with Crippen molar-refractivity contribution < 1.29 is 28.6 Å². The van der Waals surface area contributed by atoms with Crippen LogP contribution in [0.5, 0.6) is 0 Å². The fourth-order valence-electron chi connectivity index (χ4n) is 8.45. The quantitative estimate of drug-likeness (QED) is 0.0262. The zero-order valence-corrected chi connectivity index (χ0v) is 44.7. The summed E-state index contributed by atoms with van der Waals surface area (Å²) in [6.07, 6.45) is 68.1. The van der Waals surface area contributed by atoms with Gasteiger partial charge in [-0.1, -0.05) is 256 Å². The van der Waals surface area contributed by atoms with Gasteiger partial charge in [0.2, 0.25) is 0 Å². The summed E-state index contributed by atoms with van der Waals surface area (Å²) in [5.74, 6) is -0.879. The van der Waals surface area contributed by atoms with E-state index < -0.39 is 6.10 Å². The third-order valence-electron chi connectivity index (χ3n) is 12.8. The van der Waals surface area contributed by atoms with Gasteiger partial charge < -0.3 is 14.2 Å². The number of ether oxygens (including phenoxy) is 3. The molecule has 0 spiro atoms. The SMILES string of the molecule is CC/C=C\C/C=C\C/C=C\CCCCCCCCC(=O)OC(COC(=O)CCCCCCCCC/C=C\CCCCCCCCCC)COC(=O)CCCCCCCCCCCCCCCC. The van der Waals surface area contributed by atoms with E-state index in [0.29, 0.717) is 19.3 Å². The van der Waals surface area contributed by atoms with Crippen molar-refractivity contribution >= 4 is 17.9 Å². The molecule has 0 heterocycles. The van der Waals surface area contributed by atoms with Gasteiger partial charge in [-0.15, -0.1) is 0 Å². The van der Waals surface area contributed by atoms with Gasteiger partial charge >= 0.3 is 17.9 Å². The molecule has 0 aromatic heterocycles. The molecule has 0 N–H and O–H groups in total. The van der Waals surface area contributed by atoms with Crippen LogP contribution in [0, 0.1) is 0 Å². The molecule has 390 valence electrons. The molecule has 0 radical (unpaired) electrons. The maximum atomic E-state index is 12.8. The number of esters is 3. The van der Waals surface area contributed by atoms with Crippen molar-refractivity contribution in [2.75, 3.05) is 13.2 Å². The highest BCUT2D eigenvalue weighted by molar-refractivity contribution is 5.71. The van der Waals surface area contributed by atoms with Crippen LogP contribution < -0.4 is 0 Å². The third-order valence-corrected chi connectivity index (χ3v) is 12.8. The standard InChI is InChI=1S/C61H110O6/c1-4-7-10-13-16-19-22-25-28-30-31-32-34-36-39-42-45-48-51-54-60(63)66-57-58(56-65-59(62)53-50-47-44-41-38-35-27-24-21-18-15-12-9-6-3)67-61(64)55-52-49-46-43-40-37-33-29-26-23-20-17-14-11-8-5-2/h8,11,17,20,26,29-31,58H,4-7,9-10,12-16,18-19,21-25,27-28,32-57H2,1-3H3/b11-8-,20-17-,29-26-,31-30-. The first-order chi connectivity index (χ1) is 33.0. The van der Waals surface area contributed by atoms with Gasteiger partial charge in [0.1, 0.15) is 13.2 Å². The van der Waals surface area contributed by atoms with E-state index in [4.69, 9.17) is 14.2 Å². The Morgan fingerprint density at radius 1 is 0.313 bits per heavy atom. The maximum Gasteiger partial charge on any atom is 0.306 e. The number of allylic oxidation sites excluding steroid dienone is 8. The van der Waals surface area contributed by atoms with Crippen molar-refractivity contribution in [1.29, 1.82) is 0 Å². The molecule has 0 saturated heterocycles. The monoisotopic (exact) mass is 939 g/mol. The lowest BCUT2D eigenvalue weighted by Gasteiger charge is -2.18. The molecule has 1 unspecified atom stereocenters. The van der Waals surface area contributed by atoms with Gasteiger partial charge in [-0.2, -0.15) is 0 Å². The lowest BCUT2D eigenvalue weighted by Crippen LogP contribution is -2.30. The number of unbranched alkanes of at least 4 members (excludes halogenated alkanes) is 34. The zero-order chi connectivity index (χ0) is 48.6. The Kier molecular flexibility index (Phi) is 53.8. The van der Waals surface area contributed by atoms with Crippen LogP contribution in [0.25, 0.3) is 0 Å². The summed E-state index contributed by atoms with van der Waals surface area (Å²) < 4.78 is 16.9. The molecule has 67 heavy (non-hydrogen) atoms. The molecule has 0 fully saturated rings. The van der Waals surface area contributed by atoms with Crippen LogP contribution in [0.2, 0.25) is 0 Å². The first kappa shape index (κ1) is 64.4. The highest BCUT2D eigenvalue weighted by Crippen LogP contribution is 2.16. The van der Waals surface area contributed by atoms with E-state index in [1.54, 1.807) is 0 Å². The molecule has 0 aromatic rings. The average Bonchev–Trinajstić information content (AvgIpc) is 3.33. The third kappa shape index (κ3) is 54.2. The fraction of sp³-hybridized carbons (Fsp3) is 0.820. The van der Waals surface area contributed by atoms with Gasteiger partial charge in [0.15, 0.2) is 6.10 Å². The topological polar surface area (TPSA) is 78.9 Å². The van der Waals surface area contributed by atoms with Gasteiger partial charge in [0.25, 0.3) is 0 Å². The Hall–Kier alpha value is -2.63. The minimum Gasteiger partial charge on any atom is -0.462 e. The summed E-state index contributed by atoms with van der Waals surface area (Å²) in [6, 6.07) is 0. The Morgan fingerprint density at radius 2 is 0.582 bits per heavy atom. The van der Waals surface area contributed by atoms with E-state index in [1.807, 2.05) is 0 Å². The zero-order valence-electron chi connectivity index (χ0n) is 44.7. The van der Waals surface area contributed by atoms with Crippen molar-refractivity contribution in [2.24, 2.45) is 0 Å². The van der Waals surface area contributed by atoms with Gasteiger partial charge in [-0.25, -0.2) is 0 Å². The molecule has 0 amide bonds. The molecule has 0 aliphatic rings. The summed E-state index contributed by atoms with van der Waals surface area (Å²) in [7, 11) is 0. The molecule has 6 heteroatoms. The molecule has 0 aliphatic heterocycles. The van der Waals surface area contributed by atoms with Crippen molar-refractivity contribution in [1.82, 2.24) is 0 Å². The van der Waals surface area contributed by atoms with E-state index in [9.17, 15) is 14.4 Å². The number of hydrogen-bond donors (Lipinski definition) is 0. The van der Waals surface area contributed by atoms with Crippen LogP contribution in [-0.2, 0) is 28.6 Å². The van der Waals surface area contributed by atoms with Crippen molar-refractivity contribution in [3.05, 3.63) is 48.6 Å². The molecular weight excluding hydrogens is 829 g/mol. The van der Waals surface area contributed by atoms with Crippen LogP contribution in [0.15, 0.2) is 48.6 Å². The number of carbonyl (C=O) groups excluding carboxylic acids is 3. The van der Waals surface area contributed by atoms with Crippen LogP contribution in [-0.4, -0.2) is 37.2 Å². The maximum absolute atomic E-state index is 12.8. The second kappa shape index (κ2) is 56.0. The van der Waals surface area contributed by atoms with E-state index in [2.05, 4.69) is 69.4 Å². The second-order valence-electron chi connectivity index (χ2n) is 19.5. The van der Waals surface area contributed by atoms with Crippen LogP contribution >= 0.6 is 0 Å². The first-order valence-corrected chi connectivity index (χ1v) is 29.1. The minimum absolute atomic E-state index is 0.0768. The van der Waals surface area contributed by atoms with Gasteiger partial charge in [0, 0.05) is 19.3 Å². The number of hydrogen-bond acceptors (Lipinski definition) is 6. The Labute approximate surface area is 416 Å². The molecule has 0 rings (SSSR count).